The molecule has 3 N–H and O–H groups in total. The summed E-state index contributed by atoms with van der Waals surface area (Å²) in [5.74, 6) is -1.36. The lowest BCUT2D eigenvalue weighted by molar-refractivity contribution is -0.192. The summed E-state index contributed by atoms with van der Waals surface area (Å²) in [7, 11) is 3.26. The lowest BCUT2D eigenvalue weighted by Gasteiger charge is -2.45. The molecule has 238 valence electrons. The Labute approximate surface area is 245 Å². The van der Waals surface area contributed by atoms with E-state index in [-0.39, 0.29) is 23.2 Å². The number of amides is 2. The highest BCUT2D eigenvalue weighted by Gasteiger charge is 2.51. The number of carboxylic acids is 1. The number of halogens is 6. The Bertz CT molecular complexity index is 1270. The monoisotopic (exact) mass is 619 g/mol. The van der Waals surface area contributed by atoms with Crippen LogP contribution < -0.4 is 20.1 Å². The van der Waals surface area contributed by atoms with Gasteiger partial charge in [-0.25, -0.2) is 9.59 Å². The van der Waals surface area contributed by atoms with Crippen molar-refractivity contribution < 1.29 is 50.5 Å². The summed E-state index contributed by atoms with van der Waals surface area (Å²) in [6.45, 7) is 4.12. The second-order valence-electron chi connectivity index (χ2n) is 10.5. The van der Waals surface area contributed by atoms with Gasteiger partial charge in [0.15, 0.2) is 11.5 Å². The highest BCUT2D eigenvalue weighted by Crippen LogP contribution is 2.50. The molecule has 2 aliphatic rings. The predicted octanol–water partition coefficient (Wildman–Crippen LogP) is 6.45. The summed E-state index contributed by atoms with van der Waals surface area (Å²) in [6, 6.07) is 10.5. The number of hydrogen-bond acceptors (Lipinski definition) is 5. The molecule has 2 amide bonds. The molecule has 0 spiro atoms. The van der Waals surface area contributed by atoms with Crippen LogP contribution in [0.25, 0.3) is 0 Å². The maximum absolute atomic E-state index is 13.0. The van der Waals surface area contributed by atoms with Crippen molar-refractivity contribution in [3.05, 3.63) is 53.6 Å². The maximum atomic E-state index is 13.0. The number of urea groups is 1. The molecule has 4 rings (SSSR count). The number of likely N-dealkylation sites (tertiary alicyclic amines) is 1. The van der Waals surface area contributed by atoms with E-state index in [0.717, 1.165) is 57.3 Å². The van der Waals surface area contributed by atoms with Gasteiger partial charge in [0.05, 0.1) is 19.8 Å². The molecule has 8 nitrogen and oxygen atoms in total. The summed E-state index contributed by atoms with van der Waals surface area (Å²) >= 11 is 0. The zero-order valence-electron chi connectivity index (χ0n) is 23.9. The number of alkyl halides is 6. The van der Waals surface area contributed by atoms with Crippen molar-refractivity contribution in [3.8, 4) is 11.5 Å². The third kappa shape index (κ3) is 8.24. The van der Waals surface area contributed by atoms with Gasteiger partial charge in [-0.1, -0.05) is 19.1 Å². The summed E-state index contributed by atoms with van der Waals surface area (Å²) in [5.41, 5.74) is 0.491. The number of ether oxygens (including phenoxy) is 2. The van der Waals surface area contributed by atoms with E-state index in [2.05, 4.69) is 34.6 Å². The van der Waals surface area contributed by atoms with E-state index in [1.165, 1.54) is 17.7 Å². The number of carbonyl (C=O) groups excluding carboxylic acids is 1. The predicted molar refractivity (Wildman–Crippen MR) is 146 cm³/mol. The van der Waals surface area contributed by atoms with Gasteiger partial charge in [-0.15, -0.1) is 0 Å². The quantitative estimate of drug-likeness (QED) is 0.308. The highest BCUT2D eigenvalue weighted by molar-refractivity contribution is 5.89. The average molecular weight is 620 g/mol. The van der Waals surface area contributed by atoms with E-state index >= 15 is 0 Å². The fourth-order valence-electron chi connectivity index (χ4n) is 5.94. The fourth-order valence-corrected chi connectivity index (χ4v) is 5.94. The molecule has 1 aliphatic heterocycles. The maximum Gasteiger partial charge on any atom is 0.490 e. The molecular formula is C29H35F6N3O5. The third-order valence-electron chi connectivity index (χ3n) is 7.87. The van der Waals surface area contributed by atoms with Gasteiger partial charge in [0.25, 0.3) is 0 Å². The Kier molecular flexibility index (Phi) is 10.8. The van der Waals surface area contributed by atoms with E-state index in [4.69, 9.17) is 19.4 Å². The molecule has 0 aromatic heterocycles. The van der Waals surface area contributed by atoms with E-state index in [1.54, 1.807) is 14.2 Å². The number of fused-ring (bicyclic) bond motifs is 1. The first kappa shape index (κ1) is 33.8. The minimum atomic E-state index is -5.08. The van der Waals surface area contributed by atoms with Crippen LogP contribution in [-0.2, 0) is 16.4 Å². The van der Waals surface area contributed by atoms with E-state index in [0.29, 0.717) is 11.5 Å². The first-order chi connectivity index (χ1) is 20.1. The Morgan fingerprint density at radius 1 is 1.02 bits per heavy atom. The van der Waals surface area contributed by atoms with Gasteiger partial charge in [0.1, 0.15) is 0 Å². The number of benzene rings is 2. The molecular weight excluding hydrogens is 584 g/mol. The van der Waals surface area contributed by atoms with Crippen LogP contribution >= 0.6 is 0 Å². The van der Waals surface area contributed by atoms with Gasteiger partial charge in [-0.05, 0) is 81.1 Å². The second kappa shape index (κ2) is 13.7. The molecule has 0 unspecified atom stereocenters. The molecule has 14 heteroatoms. The standard InChI is InChI=1S/C27H34F3N3O3.C2HF3O2/c1-4-13-33-14-12-26(18-8-9-22(35-2)23(16-18)36-3)11-10-21(17-24(26)33)32-25(34)31-20-7-5-6-19(15-20)27(28,29)30;3-2(4,5)1(6)7/h5-9,15-16,21,24H,4,10-14,17H2,1-3H3,(H2,31,32,34);(H,6,7)/t21-,24+,26+;/m1./s1. The average Bonchev–Trinajstić information content (AvgIpc) is 3.31. The number of carbonyl (C=O) groups is 2. The Balaban J connectivity index is 0.000000646. The van der Waals surface area contributed by atoms with Gasteiger partial charge in [0, 0.05) is 23.2 Å². The summed E-state index contributed by atoms with van der Waals surface area (Å²) < 4.78 is 81.8. The van der Waals surface area contributed by atoms with Crippen LogP contribution in [0.5, 0.6) is 11.5 Å². The number of nitrogens with one attached hydrogen (secondary N) is 2. The number of methoxy groups -OCH3 is 2. The SMILES string of the molecule is CCCN1CC[C@]2(c3ccc(OC)c(OC)c3)CC[C@@H](NC(=O)Nc3cccc(C(F)(F)F)c3)C[C@H]12.O=C(O)C(F)(F)F. The van der Waals surface area contributed by atoms with Crippen molar-refractivity contribution in [2.75, 3.05) is 32.6 Å². The molecule has 0 bridgehead atoms. The van der Waals surface area contributed by atoms with Crippen molar-refractivity contribution in [3.63, 3.8) is 0 Å². The van der Waals surface area contributed by atoms with Crippen molar-refractivity contribution >= 4 is 17.7 Å². The van der Waals surface area contributed by atoms with Crippen molar-refractivity contribution in [1.82, 2.24) is 10.2 Å². The van der Waals surface area contributed by atoms with Crippen LogP contribution in [0, 0.1) is 0 Å². The Morgan fingerprint density at radius 3 is 2.28 bits per heavy atom. The van der Waals surface area contributed by atoms with Gasteiger partial charge < -0.3 is 25.2 Å². The normalized spacial score (nSPS) is 22.1. The van der Waals surface area contributed by atoms with Crippen LogP contribution in [0.4, 0.5) is 36.8 Å². The number of aliphatic carboxylic acids is 1. The molecule has 1 heterocycles. The number of anilines is 1. The minimum Gasteiger partial charge on any atom is -0.493 e. The first-order valence-electron chi connectivity index (χ1n) is 13.7. The largest absolute Gasteiger partial charge is 0.493 e. The van der Waals surface area contributed by atoms with Gasteiger partial charge >= 0.3 is 24.4 Å². The lowest BCUT2D eigenvalue weighted by Crippen LogP contribution is -2.53. The summed E-state index contributed by atoms with van der Waals surface area (Å²) in [6.07, 6.45) is -5.05. The van der Waals surface area contributed by atoms with Gasteiger partial charge in [-0.3, -0.25) is 4.90 Å². The minimum absolute atomic E-state index is 0.0512. The van der Waals surface area contributed by atoms with E-state index in [9.17, 15) is 31.1 Å². The Hall–Kier alpha value is -3.68. The first-order valence-corrected chi connectivity index (χ1v) is 13.7. The lowest BCUT2D eigenvalue weighted by atomic mass is 9.65. The van der Waals surface area contributed by atoms with Gasteiger partial charge in [-0.2, -0.15) is 26.3 Å². The van der Waals surface area contributed by atoms with Crippen LogP contribution in [0.2, 0.25) is 0 Å². The van der Waals surface area contributed by atoms with Crippen LogP contribution in [-0.4, -0.2) is 67.6 Å². The molecule has 3 atom stereocenters. The molecule has 43 heavy (non-hydrogen) atoms. The molecule has 2 aromatic rings. The summed E-state index contributed by atoms with van der Waals surface area (Å²) in [4.78, 5) is 24.1. The van der Waals surface area contributed by atoms with Gasteiger partial charge in [0.2, 0.25) is 0 Å². The van der Waals surface area contributed by atoms with Crippen LogP contribution in [0.3, 0.4) is 0 Å². The molecule has 0 radical (unpaired) electrons. The third-order valence-corrected chi connectivity index (χ3v) is 7.87. The highest BCUT2D eigenvalue weighted by atomic mass is 19.4. The fraction of sp³-hybridized carbons (Fsp3) is 0.517. The van der Waals surface area contributed by atoms with E-state index in [1.807, 2.05) is 6.07 Å². The number of carboxylic acid groups (broad SMARTS) is 1. The zero-order valence-corrected chi connectivity index (χ0v) is 23.9. The second-order valence-corrected chi connectivity index (χ2v) is 10.5. The molecule has 2 fully saturated rings. The number of nitrogens with zero attached hydrogens (tertiary/aromatic N) is 1. The molecule has 2 aromatic carbocycles. The van der Waals surface area contributed by atoms with Crippen molar-refractivity contribution in [2.24, 2.45) is 0 Å². The smallest absolute Gasteiger partial charge is 0.490 e. The number of hydrogen-bond donors (Lipinski definition) is 3. The van der Waals surface area contributed by atoms with E-state index < -0.39 is 29.9 Å². The molecule has 1 aliphatic carbocycles. The molecule has 1 saturated heterocycles. The Morgan fingerprint density at radius 2 is 1.70 bits per heavy atom. The number of rotatable bonds is 7. The summed E-state index contributed by atoms with van der Waals surface area (Å²) in [5, 5.41) is 12.7. The zero-order chi connectivity index (χ0) is 32.0. The van der Waals surface area contributed by atoms with Crippen molar-refractivity contribution in [2.45, 2.75) is 68.9 Å². The topological polar surface area (TPSA) is 100 Å². The van der Waals surface area contributed by atoms with Crippen LogP contribution in [0.15, 0.2) is 42.5 Å². The molecule has 1 saturated carbocycles. The van der Waals surface area contributed by atoms with Crippen LogP contribution in [0.1, 0.15) is 50.2 Å². The van der Waals surface area contributed by atoms with Crippen molar-refractivity contribution in [1.29, 1.82) is 0 Å².